The second-order valence-corrected chi connectivity index (χ2v) is 2.22. The van der Waals surface area contributed by atoms with Gasteiger partial charge >= 0.3 is 6.03 Å². The molecule has 6 heteroatoms. The summed E-state index contributed by atoms with van der Waals surface area (Å²) < 4.78 is 0.601. The number of alkyl halides is 1. The van der Waals surface area contributed by atoms with Crippen LogP contribution in [0.5, 0.6) is 0 Å². The van der Waals surface area contributed by atoms with E-state index in [-0.39, 0.29) is 0 Å². The summed E-state index contributed by atoms with van der Waals surface area (Å²) in [5.74, 6) is -0.586. The Labute approximate surface area is 60.8 Å². The number of hydrogen-bond acceptors (Lipinski definition) is 2. The maximum absolute atomic E-state index is 10.4. The Morgan fingerprint density at radius 1 is 1.56 bits per heavy atom. The Bertz CT molecular complexity index is 153. The van der Waals surface area contributed by atoms with E-state index in [0.717, 1.165) is 0 Å². The quantitative estimate of drug-likeness (QED) is 0.244. The minimum Gasteiger partial charge on any atom is -0.274 e. The molecule has 4 nitrogen and oxygen atoms in total. The summed E-state index contributed by atoms with van der Waals surface area (Å²) in [4.78, 5) is 20.8. The maximum Gasteiger partial charge on any atom is 0.340 e. The van der Waals surface area contributed by atoms with Crippen LogP contribution in [0.3, 0.4) is 0 Å². The fourth-order valence-electron chi connectivity index (χ4n) is 0.424. The van der Waals surface area contributed by atoms with Crippen LogP contribution in [-0.2, 0) is 4.79 Å². The molecule has 0 radical (unpaired) electrons. The highest BCUT2D eigenvalue weighted by Gasteiger charge is 2.35. The second kappa shape index (κ2) is 2.04. The number of hydrogen-bond donors (Lipinski definition) is 1. The number of amides is 3. The molecular formula is C3H2Cl2N2O2. The van der Waals surface area contributed by atoms with Gasteiger partial charge in [0.1, 0.15) is 0 Å². The van der Waals surface area contributed by atoms with E-state index in [1.165, 1.54) is 0 Å². The first-order chi connectivity index (χ1) is 4.13. The topological polar surface area (TPSA) is 49.4 Å². The van der Waals surface area contributed by atoms with Gasteiger partial charge in [-0.05, 0) is 0 Å². The summed E-state index contributed by atoms with van der Waals surface area (Å²) in [5, 5.41) is 1.90. The standard InChI is InChI=1S/C3H2Cl2N2O2/c4-1-2(8)6-3(9)7(1)5/h1H,(H,6,8,9). The molecule has 9 heavy (non-hydrogen) atoms. The van der Waals surface area contributed by atoms with E-state index in [0.29, 0.717) is 4.42 Å². The number of nitrogens with zero attached hydrogens (tertiary/aromatic N) is 1. The summed E-state index contributed by atoms with van der Waals surface area (Å²) in [6.07, 6.45) is 0. The van der Waals surface area contributed by atoms with Gasteiger partial charge in [-0.2, -0.15) is 0 Å². The summed E-state index contributed by atoms with van der Waals surface area (Å²) in [7, 11) is 0. The van der Waals surface area contributed by atoms with Gasteiger partial charge in [0.2, 0.25) is 5.50 Å². The smallest absolute Gasteiger partial charge is 0.274 e. The number of halogens is 2. The van der Waals surface area contributed by atoms with Gasteiger partial charge in [-0.1, -0.05) is 11.6 Å². The first kappa shape index (κ1) is 6.64. The van der Waals surface area contributed by atoms with Crippen molar-refractivity contribution in [3.63, 3.8) is 0 Å². The van der Waals surface area contributed by atoms with E-state index < -0.39 is 17.4 Å². The molecule has 1 fully saturated rings. The van der Waals surface area contributed by atoms with Crippen LogP contribution < -0.4 is 5.32 Å². The molecule has 1 aliphatic rings. The van der Waals surface area contributed by atoms with Crippen molar-refractivity contribution >= 4 is 35.3 Å². The van der Waals surface area contributed by atoms with Gasteiger partial charge in [-0.3, -0.25) is 10.1 Å². The molecule has 1 rings (SSSR count). The molecule has 1 saturated heterocycles. The highest BCUT2D eigenvalue weighted by Crippen LogP contribution is 2.13. The minimum atomic E-state index is -1.07. The maximum atomic E-state index is 10.4. The third-order valence-corrected chi connectivity index (χ3v) is 1.68. The van der Waals surface area contributed by atoms with Gasteiger partial charge in [-0.25, -0.2) is 9.21 Å². The fourth-order valence-corrected chi connectivity index (χ4v) is 0.698. The lowest BCUT2D eigenvalue weighted by Gasteiger charge is -2.02. The molecule has 1 heterocycles. The number of imide groups is 1. The van der Waals surface area contributed by atoms with Crippen LogP contribution in [0, 0.1) is 0 Å². The van der Waals surface area contributed by atoms with Crippen molar-refractivity contribution in [2.24, 2.45) is 0 Å². The molecule has 3 amide bonds. The van der Waals surface area contributed by atoms with E-state index in [9.17, 15) is 9.59 Å². The highest BCUT2D eigenvalue weighted by atomic mass is 35.5. The zero-order chi connectivity index (χ0) is 7.02. The van der Waals surface area contributed by atoms with Crippen LogP contribution in [0.2, 0.25) is 0 Å². The lowest BCUT2D eigenvalue weighted by atomic mass is 10.6. The van der Waals surface area contributed by atoms with Gasteiger partial charge in [0.15, 0.2) is 0 Å². The SMILES string of the molecule is O=C1NC(=O)N(Cl)C1Cl. The minimum absolute atomic E-state index is 0.586. The van der Waals surface area contributed by atoms with Crippen LogP contribution in [0.25, 0.3) is 0 Å². The normalized spacial score (nSPS) is 26.9. The summed E-state index contributed by atoms with van der Waals surface area (Å²) in [6, 6.07) is -0.679. The van der Waals surface area contributed by atoms with Crippen molar-refractivity contribution in [3.8, 4) is 0 Å². The largest absolute Gasteiger partial charge is 0.340 e. The van der Waals surface area contributed by atoms with Crippen molar-refractivity contribution in [3.05, 3.63) is 0 Å². The Balaban J connectivity index is 2.77. The predicted octanol–water partition coefficient (Wildman–Crippen LogP) is 0.257. The van der Waals surface area contributed by atoms with Crippen molar-refractivity contribution in [2.45, 2.75) is 5.50 Å². The van der Waals surface area contributed by atoms with E-state index in [1.54, 1.807) is 0 Å². The van der Waals surface area contributed by atoms with E-state index >= 15 is 0 Å². The molecular weight excluding hydrogens is 167 g/mol. The third kappa shape index (κ3) is 0.951. The van der Waals surface area contributed by atoms with Crippen LogP contribution >= 0.6 is 23.4 Å². The molecule has 1 N–H and O–H groups in total. The predicted molar refractivity (Wildman–Crippen MR) is 30.9 cm³/mol. The lowest BCUT2D eigenvalue weighted by Crippen LogP contribution is -2.21. The van der Waals surface area contributed by atoms with Gasteiger partial charge in [-0.15, -0.1) is 0 Å². The van der Waals surface area contributed by atoms with E-state index in [1.807, 2.05) is 5.32 Å². The average molecular weight is 169 g/mol. The van der Waals surface area contributed by atoms with Crippen molar-refractivity contribution in [2.75, 3.05) is 0 Å². The molecule has 0 aromatic rings. The number of urea groups is 1. The molecule has 0 saturated carbocycles. The van der Waals surface area contributed by atoms with Gasteiger partial charge in [0.05, 0.1) is 0 Å². The van der Waals surface area contributed by atoms with Crippen LogP contribution in [0.1, 0.15) is 0 Å². The first-order valence-electron chi connectivity index (χ1n) is 2.07. The van der Waals surface area contributed by atoms with E-state index in [2.05, 4.69) is 0 Å². The number of carbonyl (C=O) groups excluding carboxylic acids is 2. The fraction of sp³-hybridized carbons (Fsp3) is 0.333. The van der Waals surface area contributed by atoms with Crippen LogP contribution in [0.4, 0.5) is 4.79 Å². The van der Waals surface area contributed by atoms with Crippen LogP contribution in [0.15, 0.2) is 0 Å². The van der Waals surface area contributed by atoms with Crippen molar-refractivity contribution in [1.82, 2.24) is 9.74 Å². The Morgan fingerprint density at radius 3 is 2.22 bits per heavy atom. The number of rotatable bonds is 0. The number of carbonyl (C=O) groups is 2. The van der Waals surface area contributed by atoms with Gasteiger partial charge in [0, 0.05) is 11.8 Å². The summed E-state index contributed by atoms with van der Waals surface area (Å²) >= 11 is 10.4. The van der Waals surface area contributed by atoms with Gasteiger partial charge in [0.25, 0.3) is 5.91 Å². The van der Waals surface area contributed by atoms with Crippen LogP contribution in [-0.4, -0.2) is 21.9 Å². The monoisotopic (exact) mass is 168 g/mol. The van der Waals surface area contributed by atoms with Crippen molar-refractivity contribution < 1.29 is 9.59 Å². The number of nitrogens with one attached hydrogen (secondary N) is 1. The molecule has 0 bridgehead atoms. The summed E-state index contributed by atoms with van der Waals surface area (Å²) in [5.41, 5.74) is -1.07. The molecule has 0 spiro atoms. The molecule has 1 aliphatic heterocycles. The zero-order valence-electron chi connectivity index (χ0n) is 4.10. The molecule has 50 valence electrons. The third-order valence-electron chi connectivity index (χ3n) is 0.840. The molecule has 0 aromatic heterocycles. The summed E-state index contributed by atoms with van der Waals surface area (Å²) in [6.45, 7) is 0. The Hall–Kier alpha value is -0.480. The highest BCUT2D eigenvalue weighted by molar-refractivity contribution is 6.40. The van der Waals surface area contributed by atoms with Crippen molar-refractivity contribution in [1.29, 1.82) is 0 Å². The molecule has 0 aromatic carbocycles. The molecule has 0 aliphatic carbocycles. The van der Waals surface area contributed by atoms with E-state index in [4.69, 9.17) is 23.4 Å². The second-order valence-electron chi connectivity index (χ2n) is 1.44. The Morgan fingerprint density at radius 2 is 2.11 bits per heavy atom. The average Bonchev–Trinajstić information content (AvgIpc) is 1.98. The Kier molecular flexibility index (Phi) is 1.50. The first-order valence-corrected chi connectivity index (χ1v) is 2.84. The molecule has 1 atom stereocenters. The zero-order valence-corrected chi connectivity index (χ0v) is 5.61. The van der Waals surface area contributed by atoms with Gasteiger partial charge < -0.3 is 0 Å². The lowest BCUT2D eigenvalue weighted by molar-refractivity contribution is -0.119. The molecule has 1 unspecified atom stereocenters.